The molecule has 2 fully saturated rings. The normalized spacial score (nSPS) is 22.9. The number of nitrogens with zero attached hydrogens (tertiary/aromatic N) is 5. The molecule has 0 aliphatic carbocycles. The van der Waals surface area contributed by atoms with E-state index in [-0.39, 0.29) is 0 Å². The summed E-state index contributed by atoms with van der Waals surface area (Å²) in [6.07, 6.45) is 9.08. The van der Waals surface area contributed by atoms with Crippen molar-refractivity contribution in [3.63, 3.8) is 0 Å². The average molecular weight is 534 g/mol. The summed E-state index contributed by atoms with van der Waals surface area (Å²) in [4.78, 5) is 37.5. The van der Waals surface area contributed by atoms with Gasteiger partial charge in [0, 0.05) is 49.3 Å². The third-order valence-corrected chi connectivity index (χ3v) is 7.30. The van der Waals surface area contributed by atoms with E-state index in [2.05, 4.69) is 28.5 Å². The van der Waals surface area contributed by atoms with Gasteiger partial charge in [0.05, 0.1) is 25.6 Å². The van der Waals surface area contributed by atoms with Crippen LogP contribution >= 0.6 is 0 Å². The number of allylic oxidation sites excluding steroid dienone is 1. The minimum Gasteiger partial charge on any atom is -0.481 e. The summed E-state index contributed by atoms with van der Waals surface area (Å²) in [6, 6.07) is 0.810. The second kappa shape index (κ2) is 11.5. The zero-order valence-electron chi connectivity index (χ0n) is 21.5. The van der Waals surface area contributed by atoms with Crippen LogP contribution in [0, 0.1) is 6.92 Å². The molecule has 0 spiro atoms. The van der Waals surface area contributed by atoms with Crippen molar-refractivity contribution in [2.75, 3.05) is 0 Å². The van der Waals surface area contributed by atoms with Crippen LogP contribution in [0.15, 0.2) is 31.2 Å². The van der Waals surface area contributed by atoms with Gasteiger partial charge in [0.25, 0.3) is 0 Å². The molecule has 13 heteroatoms. The van der Waals surface area contributed by atoms with Crippen molar-refractivity contribution < 1.29 is 39.9 Å². The highest BCUT2D eigenvalue weighted by Gasteiger charge is 2.50. The predicted molar refractivity (Wildman–Crippen MR) is 133 cm³/mol. The van der Waals surface area contributed by atoms with Crippen molar-refractivity contribution >= 4 is 17.9 Å². The van der Waals surface area contributed by atoms with Gasteiger partial charge in [0.15, 0.2) is 5.60 Å². The standard InChI is InChI=1S/C19H27N5O.C6H8O7/c1-4-8-24-14(2)15(12-21-24)13-23-16-5-6-17(23)11-19(25,10-16)18-20-7-9-22(18)3;7-3(8)1-6(13,5(11)12)2-4(9)10/h4,7,9,12,16-17,25H,1,5-6,8,10-11,13H2,2-3H3;13H,1-2H2,(H,7,8)(H,9,10)(H,11,12). The summed E-state index contributed by atoms with van der Waals surface area (Å²) in [5.41, 5.74) is -1.05. The Labute approximate surface area is 219 Å². The topological polar surface area (TPSA) is 191 Å². The predicted octanol–water partition coefficient (Wildman–Crippen LogP) is 0.877. The number of imidazole rings is 1. The van der Waals surface area contributed by atoms with E-state index in [1.54, 1.807) is 6.20 Å². The van der Waals surface area contributed by atoms with Crippen LogP contribution < -0.4 is 0 Å². The highest BCUT2D eigenvalue weighted by atomic mass is 16.4. The van der Waals surface area contributed by atoms with E-state index in [1.165, 1.54) is 11.3 Å². The molecule has 13 nitrogen and oxygen atoms in total. The number of aromatic nitrogens is 4. The fraction of sp³-hybridized carbons (Fsp3) is 0.560. The highest BCUT2D eigenvalue weighted by Crippen LogP contribution is 2.45. The second-order valence-electron chi connectivity index (χ2n) is 10.1. The molecule has 2 saturated heterocycles. The Morgan fingerprint density at radius 3 is 2.18 bits per heavy atom. The van der Waals surface area contributed by atoms with Crippen LogP contribution in [0.3, 0.4) is 0 Å². The maximum Gasteiger partial charge on any atom is 0.336 e. The zero-order valence-corrected chi connectivity index (χ0v) is 21.5. The first-order valence-electron chi connectivity index (χ1n) is 12.3. The van der Waals surface area contributed by atoms with E-state index < -0.39 is 42.0 Å². The Morgan fingerprint density at radius 1 is 1.16 bits per heavy atom. The summed E-state index contributed by atoms with van der Waals surface area (Å²) < 4.78 is 3.96. The molecule has 38 heavy (non-hydrogen) atoms. The molecular formula is C25H35N5O8. The molecule has 2 atom stereocenters. The molecule has 2 aromatic heterocycles. The zero-order chi connectivity index (χ0) is 28.3. The lowest BCUT2D eigenvalue weighted by Gasteiger charge is -2.43. The quantitative estimate of drug-likeness (QED) is 0.272. The van der Waals surface area contributed by atoms with Crippen LogP contribution in [0.5, 0.6) is 0 Å². The van der Waals surface area contributed by atoms with E-state index in [9.17, 15) is 19.5 Å². The number of carboxylic acid groups (broad SMARTS) is 3. The molecule has 0 aromatic carbocycles. The lowest BCUT2D eigenvalue weighted by atomic mass is 9.85. The first kappa shape index (κ1) is 29.0. The Hall–Kier alpha value is -3.55. The van der Waals surface area contributed by atoms with Crippen molar-refractivity contribution in [2.24, 2.45) is 7.05 Å². The first-order chi connectivity index (χ1) is 17.8. The fourth-order valence-electron chi connectivity index (χ4n) is 5.43. The number of piperidine rings is 1. The summed E-state index contributed by atoms with van der Waals surface area (Å²) in [5, 5.41) is 49.6. The van der Waals surface area contributed by atoms with Gasteiger partial charge < -0.3 is 30.1 Å². The number of aryl methyl sites for hydroxylation is 1. The van der Waals surface area contributed by atoms with Gasteiger partial charge in [-0.25, -0.2) is 9.78 Å². The van der Waals surface area contributed by atoms with E-state index in [0.717, 1.165) is 44.6 Å². The molecule has 2 aliphatic rings. The molecule has 4 heterocycles. The fourth-order valence-corrected chi connectivity index (χ4v) is 5.43. The molecule has 2 aliphatic heterocycles. The van der Waals surface area contributed by atoms with Gasteiger partial charge in [-0.15, -0.1) is 6.58 Å². The summed E-state index contributed by atoms with van der Waals surface area (Å²) >= 11 is 0. The van der Waals surface area contributed by atoms with E-state index >= 15 is 0 Å². The minimum atomic E-state index is -2.74. The molecule has 208 valence electrons. The van der Waals surface area contributed by atoms with Crippen LogP contribution in [0.2, 0.25) is 0 Å². The van der Waals surface area contributed by atoms with Crippen LogP contribution in [-0.4, -0.2) is 85.4 Å². The molecule has 0 amide bonds. The number of aliphatic hydroxyl groups is 2. The van der Waals surface area contributed by atoms with Gasteiger partial charge in [0.1, 0.15) is 11.4 Å². The van der Waals surface area contributed by atoms with Gasteiger partial charge >= 0.3 is 17.9 Å². The first-order valence-corrected chi connectivity index (χ1v) is 12.3. The number of rotatable bonds is 10. The Kier molecular flexibility index (Phi) is 8.75. The van der Waals surface area contributed by atoms with E-state index in [4.69, 9.17) is 20.4 Å². The molecule has 2 aromatic rings. The largest absolute Gasteiger partial charge is 0.481 e. The molecule has 2 bridgehead atoms. The van der Waals surface area contributed by atoms with Gasteiger partial charge in [-0.1, -0.05) is 6.08 Å². The summed E-state index contributed by atoms with van der Waals surface area (Å²) in [6.45, 7) is 7.58. The third kappa shape index (κ3) is 6.29. The lowest BCUT2D eigenvalue weighted by molar-refractivity contribution is -0.170. The molecule has 0 saturated carbocycles. The monoisotopic (exact) mass is 533 g/mol. The van der Waals surface area contributed by atoms with Gasteiger partial charge in [-0.05, 0) is 32.6 Å². The lowest BCUT2D eigenvalue weighted by Crippen LogP contribution is -2.50. The number of aliphatic carboxylic acids is 3. The van der Waals surface area contributed by atoms with E-state index in [1.807, 2.05) is 34.8 Å². The Morgan fingerprint density at radius 2 is 1.74 bits per heavy atom. The number of carboxylic acids is 3. The van der Waals surface area contributed by atoms with Gasteiger partial charge in [-0.3, -0.25) is 19.2 Å². The number of carbonyl (C=O) groups is 3. The Bertz CT molecular complexity index is 1160. The van der Waals surface area contributed by atoms with Gasteiger partial charge in [-0.2, -0.15) is 5.10 Å². The second-order valence-corrected chi connectivity index (χ2v) is 10.1. The molecule has 0 radical (unpaired) electrons. The molecule has 2 unspecified atom stereocenters. The third-order valence-electron chi connectivity index (χ3n) is 7.30. The maximum absolute atomic E-state index is 11.3. The van der Waals surface area contributed by atoms with E-state index in [0.29, 0.717) is 12.1 Å². The SMILES string of the molecule is C=CCn1ncc(CN2C3CCC2CC(O)(c2nccn2C)C3)c1C.O=C(O)CC(O)(CC(=O)O)C(=O)O. The van der Waals surface area contributed by atoms with Crippen LogP contribution in [-0.2, 0) is 40.1 Å². The Balaban J connectivity index is 0.000000263. The molecule has 4 rings (SSSR count). The van der Waals surface area contributed by atoms with Crippen molar-refractivity contribution in [3.8, 4) is 0 Å². The maximum atomic E-state index is 11.3. The summed E-state index contributed by atoms with van der Waals surface area (Å²) in [5.74, 6) is -4.21. The van der Waals surface area contributed by atoms with Gasteiger partial charge in [0.2, 0.25) is 0 Å². The van der Waals surface area contributed by atoms with Crippen molar-refractivity contribution in [3.05, 3.63) is 48.3 Å². The minimum absolute atomic E-state index is 0.405. The van der Waals surface area contributed by atoms with Crippen molar-refractivity contribution in [2.45, 2.75) is 81.8 Å². The summed E-state index contributed by atoms with van der Waals surface area (Å²) in [7, 11) is 1.96. The number of fused-ring (bicyclic) bond motifs is 2. The number of hydrogen-bond donors (Lipinski definition) is 5. The highest BCUT2D eigenvalue weighted by molar-refractivity contribution is 5.88. The van der Waals surface area contributed by atoms with Crippen LogP contribution in [0.1, 0.15) is 55.6 Å². The van der Waals surface area contributed by atoms with Crippen molar-refractivity contribution in [1.29, 1.82) is 0 Å². The number of hydrogen-bond acceptors (Lipinski definition) is 8. The smallest absolute Gasteiger partial charge is 0.336 e. The average Bonchev–Trinajstić information content (AvgIpc) is 3.46. The molecule has 5 N–H and O–H groups in total. The van der Waals surface area contributed by atoms with Crippen LogP contribution in [0.25, 0.3) is 0 Å². The molecular weight excluding hydrogens is 498 g/mol. The van der Waals surface area contributed by atoms with Crippen LogP contribution in [0.4, 0.5) is 0 Å². The van der Waals surface area contributed by atoms with Crippen molar-refractivity contribution in [1.82, 2.24) is 24.2 Å².